The Labute approximate surface area is 130 Å². The van der Waals surface area contributed by atoms with Crippen molar-refractivity contribution >= 4 is 27.5 Å². The average Bonchev–Trinajstić information content (AvgIpc) is 2.42. The molecule has 0 amide bonds. The Morgan fingerprint density at radius 2 is 2.10 bits per heavy atom. The molecule has 1 aromatic heterocycles. The van der Waals surface area contributed by atoms with Gasteiger partial charge >= 0.3 is 0 Å². The molecule has 0 bridgehead atoms. The molecule has 0 aliphatic rings. The number of halogens is 3. The maximum absolute atomic E-state index is 13.4. The first-order valence-electron chi connectivity index (χ1n) is 5.97. The van der Waals surface area contributed by atoms with Crippen molar-refractivity contribution in [2.45, 2.75) is 13.2 Å². The Balaban J connectivity index is 2.08. The van der Waals surface area contributed by atoms with Gasteiger partial charge in [-0.15, -0.1) is 0 Å². The second-order valence-corrected chi connectivity index (χ2v) is 5.40. The van der Waals surface area contributed by atoms with Crippen molar-refractivity contribution in [2.24, 2.45) is 0 Å². The fraction of sp³-hybridized carbons (Fsp3) is 0.214. The van der Waals surface area contributed by atoms with Gasteiger partial charge in [-0.2, -0.15) is 0 Å². The molecule has 0 atom stereocenters. The molecule has 0 aliphatic carbocycles. The lowest BCUT2D eigenvalue weighted by atomic mass is 10.3. The molecule has 0 spiro atoms. The van der Waals surface area contributed by atoms with E-state index in [2.05, 4.69) is 26.2 Å². The topological polar surface area (TPSA) is 34.1 Å². The minimum Gasteiger partial charge on any atom is -0.486 e. The molecule has 0 aliphatic heterocycles. The van der Waals surface area contributed by atoms with Crippen molar-refractivity contribution in [1.82, 2.24) is 10.3 Å². The Hall–Kier alpha value is -1.17. The number of nitrogens with one attached hydrogen (secondary N) is 1. The highest BCUT2D eigenvalue weighted by Crippen LogP contribution is 2.30. The number of hydrogen-bond donors (Lipinski definition) is 1. The standard InChI is InChI=1S/C14H13BrClFN2O/c1-18-7-9-3-2-4-10(19-9)8-20-14-6-13(17)12(16)5-11(14)15/h2-6,18H,7-8H2,1H3. The maximum Gasteiger partial charge on any atom is 0.145 e. The van der Waals surface area contributed by atoms with Gasteiger partial charge in [0.25, 0.3) is 0 Å². The van der Waals surface area contributed by atoms with Crippen molar-refractivity contribution in [3.8, 4) is 5.75 Å². The lowest BCUT2D eigenvalue weighted by molar-refractivity contribution is 0.297. The summed E-state index contributed by atoms with van der Waals surface area (Å²) in [7, 11) is 1.86. The van der Waals surface area contributed by atoms with Crippen LogP contribution in [0.3, 0.4) is 0 Å². The number of aromatic nitrogens is 1. The van der Waals surface area contributed by atoms with E-state index in [1.54, 1.807) is 0 Å². The summed E-state index contributed by atoms with van der Waals surface area (Å²) in [5, 5.41) is 3.09. The van der Waals surface area contributed by atoms with Gasteiger partial charge in [-0.1, -0.05) is 17.7 Å². The predicted octanol–water partition coefficient (Wildman–Crippen LogP) is 3.94. The van der Waals surface area contributed by atoms with Crippen molar-refractivity contribution in [3.05, 3.63) is 57.0 Å². The first-order valence-corrected chi connectivity index (χ1v) is 7.14. The number of ether oxygens (including phenoxy) is 1. The van der Waals surface area contributed by atoms with Gasteiger partial charge < -0.3 is 10.1 Å². The molecular formula is C14H13BrClFN2O. The zero-order valence-corrected chi connectivity index (χ0v) is 13.1. The maximum atomic E-state index is 13.4. The molecule has 0 saturated heterocycles. The molecule has 2 rings (SSSR count). The van der Waals surface area contributed by atoms with Crippen LogP contribution in [0.5, 0.6) is 5.75 Å². The van der Waals surface area contributed by atoms with Crippen LogP contribution in [-0.4, -0.2) is 12.0 Å². The number of hydrogen-bond acceptors (Lipinski definition) is 3. The van der Waals surface area contributed by atoms with Gasteiger partial charge in [-0.3, -0.25) is 4.98 Å². The van der Waals surface area contributed by atoms with Crippen molar-refractivity contribution in [1.29, 1.82) is 0 Å². The molecule has 0 unspecified atom stereocenters. The minimum atomic E-state index is -0.512. The summed E-state index contributed by atoms with van der Waals surface area (Å²) in [6.45, 7) is 0.949. The molecule has 0 radical (unpaired) electrons. The van der Waals surface area contributed by atoms with Gasteiger partial charge in [0, 0.05) is 12.6 Å². The van der Waals surface area contributed by atoms with Crippen LogP contribution in [0.2, 0.25) is 5.02 Å². The van der Waals surface area contributed by atoms with E-state index in [1.807, 2.05) is 25.2 Å². The number of nitrogens with zero attached hydrogens (tertiary/aromatic N) is 1. The number of rotatable bonds is 5. The summed E-state index contributed by atoms with van der Waals surface area (Å²) in [4.78, 5) is 4.42. The Kier molecular flexibility index (Phi) is 5.34. The largest absolute Gasteiger partial charge is 0.486 e. The summed E-state index contributed by atoms with van der Waals surface area (Å²) in [6.07, 6.45) is 0. The van der Waals surface area contributed by atoms with Gasteiger partial charge in [0.1, 0.15) is 18.2 Å². The van der Waals surface area contributed by atoms with Crippen LogP contribution in [0.25, 0.3) is 0 Å². The SMILES string of the molecule is CNCc1cccc(COc2cc(F)c(Cl)cc2Br)n1. The fourth-order valence-electron chi connectivity index (χ4n) is 1.66. The van der Waals surface area contributed by atoms with E-state index < -0.39 is 5.82 Å². The predicted molar refractivity (Wildman–Crippen MR) is 80.4 cm³/mol. The van der Waals surface area contributed by atoms with E-state index in [4.69, 9.17) is 16.3 Å². The third-order valence-electron chi connectivity index (χ3n) is 2.57. The smallest absolute Gasteiger partial charge is 0.145 e. The van der Waals surface area contributed by atoms with Crippen LogP contribution in [-0.2, 0) is 13.2 Å². The highest BCUT2D eigenvalue weighted by molar-refractivity contribution is 9.10. The summed E-state index contributed by atoms with van der Waals surface area (Å²) in [6, 6.07) is 8.42. The van der Waals surface area contributed by atoms with E-state index >= 15 is 0 Å². The molecule has 20 heavy (non-hydrogen) atoms. The monoisotopic (exact) mass is 358 g/mol. The normalized spacial score (nSPS) is 10.6. The van der Waals surface area contributed by atoms with Gasteiger partial charge in [-0.25, -0.2) is 4.39 Å². The summed E-state index contributed by atoms with van der Waals surface area (Å²) in [5.41, 5.74) is 1.70. The molecule has 6 heteroatoms. The summed E-state index contributed by atoms with van der Waals surface area (Å²) in [5.74, 6) is -0.116. The average molecular weight is 360 g/mol. The van der Waals surface area contributed by atoms with Gasteiger partial charge in [0.2, 0.25) is 0 Å². The number of pyridine rings is 1. The Morgan fingerprint density at radius 1 is 1.35 bits per heavy atom. The lowest BCUT2D eigenvalue weighted by Crippen LogP contribution is -2.08. The van der Waals surface area contributed by atoms with E-state index in [9.17, 15) is 4.39 Å². The van der Waals surface area contributed by atoms with E-state index in [-0.39, 0.29) is 11.6 Å². The Bertz CT molecular complexity index is 610. The van der Waals surface area contributed by atoms with Gasteiger partial charge in [-0.05, 0) is 41.2 Å². The van der Waals surface area contributed by atoms with Crippen LogP contribution in [0.1, 0.15) is 11.4 Å². The van der Waals surface area contributed by atoms with Crippen LogP contribution >= 0.6 is 27.5 Å². The first-order chi connectivity index (χ1) is 9.60. The van der Waals surface area contributed by atoms with E-state index in [0.717, 1.165) is 11.4 Å². The zero-order valence-electron chi connectivity index (χ0n) is 10.8. The number of benzene rings is 1. The molecule has 1 aromatic carbocycles. The first kappa shape index (κ1) is 15.2. The van der Waals surface area contributed by atoms with Crippen LogP contribution in [0.15, 0.2) is 34.8 Å². The van der Waals surface area contributed by atoms with Gasteiger partial charge in [0.05, 0.1) is 20.9 Å². The van der Waals surface area contributed by atoms with Crippen LogP contribution in [0, 0.1) is 5.82 Å². The highest BCUT2D eigenvalue weighted by Gasteiger charge is 2.08. The van der Waals surface area contributed by atoms with Crippen LogP contribution < -0.4 is 10.1 Å². The second kappa shape index (κ2) is 7.02. The molecule has 3 nitrogen and oxygen atoms in total. The lowest BCUT2D eigenvalue weighted by Gasteiger charge is -2.09. The van der Waals surface area contributed by atoms with Crippen molar-refractivity contribution < 1.29 is 9.13 Å². The zero-order chi connectivity index (χ0) is 14.5. The molecule has 0 fully saturated rings. The molecule has 2 aromatic rings. The molecule has 0 saturated carbocycles. The molecule has 106 valence electrons. The fourth-order valence-corrected chi connectivity index (χ4v) is 2.41. The van der Waals surface area contributed by atoms with E-state index in [0.29, 0.717) is 16.8 Å². The minimum absolute atomic E-state index is 0.0540. The second-order valence-electron chi connectivity index (χ2n) is 4.14. The van der Waals surface area contributed by atoms with Crippen molar-refractivity contribution in [3.63, 3.8) is 0 Å². The summed E-state index contributed by atoms with van der Waals surface area (Å²) >= 11 is 8.97. The van der Waals surface area contributed by atoms with E-state index in [1.165, 1.54) is 12.1 Å². The third-order valence-corrected chi connectivity index (χ3v) is 3.48. The van der Waals surface area contributed by atoms with Crippen LogP contribution in [0.4, 0.5) is 4.39 Å². The molecular weight excluding hydrogens is 347 g/mol. The van der Waals surface area contributed by atoms with Gasteiger partial charge in [0.15, 0.2) is 0 Å². The third kappa shape index (κ3) is 3.91. The summed E-state index contributed by atoms with van der Waals surface area (Å²) < 4.78 is 19.6. The van der Waals surface area contributed by atoms with Crippen molar-refractivity contribution in [2.75, 3.05) is 7.05 Å². The molecule has 1 N–H and O–H groups in total. The molecule has 1 heterocycles. The quantitative estimate of drug-likeness (QED) is 0.821. The Morgan fingerprint density at radius 3 is 2.85 bits per heavy atom. The highest BCUT2D eigenvalue weighted by atomic mass is 79.9.